The summed E-state index contributed by atoms with van der Waals surface area (Å²) in [7, 11) is 0. The van der Waals surface area contributed by atoms with E-state index in [2.05, 4.69) is 4.98 Å². The van der Waals surface area contributed by atoms with E-state index in [9.17, 15) is 18.0 Å². The highest BCUT2D eigenvalue weighted by Crippen LogP contribution is 2.29. The van der Waals surface area contributed by atoms with Gasteiger partial charge in [-0.15, -0.1) is 0 Å². The van der Waals surface area contributed by atoms with E-state index in [0.29, 0.717) is 35.1 Å². The molecule has 0 bridgehead atoms. The molecule has 0 spiro atoms. The molecule has 0 fully saturated rings. The number of rotatable bonds is 6. The molecule has 8 heteroatoms. The minimum absolute atomic E-state index is 0.145. The predicted molar refractivity (Wildman–Crippen MR) is 105 cm³/mol. The van der Waals surface area contributed by atoms with Crippen LogP contribution in [0.15, 0.2) is 60.9 Å². The Bertz CT molecular complexity index is 966. The molecule has 0 aliphatic heterocycles. The van der Waals surface area contributed by atoms with Gasteiger partial charge in [0.05, 0.1) is 12.1 Å². The summed E-state index contributed by atoms with van der Waals surface area (Å²) in [5, 5.41) is 0.552. The number of halogens is 4. The number of hydrogen-bond acceptors (Lipinski definition) is 2. The van der Waals surface area contributed by atoms with Gasteiger partial charge in [0, 0.05) is 36.1 Å². The van der Waals surface area contributed by atoms with Crippen LogP contribution < -0.4 is 0 Å². The van der Waals surface area contributed by atoms with Crippen molar-refractivity contribution in [1.29, 1.82) is 0 Å². The predicted octanol–water partition coefficient (Wildman–Crippen LogP) is 5.27. The third kappa shape index (κ3) is 5.17. The number of amides is 1. The second-order valence-corrected chi connectivity index (χ2v) is 6.93. The zero-order valence-electron chi connectivity index (χ0n) is 15.7. The maximum absolute atomic E-state index is 12.8. The Morgan fingerprint density at radius 1 is 1.10 bits per heavy atom. The van der Waals surface area contributed by atoms with E-state index >= 15 is 0 Å². The molecule has 3 rings (SSSR count). The standard InChI is InChI=1S/C21H19ClF3N3O/c1-2-27(20(29)16-5-9-18(22)10-6-16)14-19-26-11-12-28(19)13-15-3-7-17(8-4-15)21(23,24)25/h3-12H,2,13-14H2,1H3. The first-order chi connectivity index (χ1) is 13.8. The van der Waals surface area contributed by atoms with Crippen LogP contribution in [0.2, 0.25) is 5.02 Å². The summed E-state index contributed by atoms with van der Waals surface area (Å²) in [5.41, 5.74) is 0.555. The monoisotopic (exact) mass is 421 g/mol. The Labute approximate surface area is 171 Å². The summed E-state index contributed by atoms with van der Waals surface area (Å²) >= 11 is 5.88. The van der Waals surface area contributed by atoms with Crippen molar-refractivity contribution in [2.45, 2.75) is 26.2 Å². The second-order valence-electron chi connectivity index (χ2n) is 6.49. The van der Waals surface area contributed by atoms with E-state index in [-0.39, 0.29) is 12.5 Å². The van der Waals surface area contributed by atoms with Gasteiger partial charge in [-0.3, -0.25) is 4.79 Å². The molecule has 1 amide bonds. The van der Waals surface area contributed by atoms with Gasteiger partial charge in [0.15, 0.2) is 0 Å². The number of imidazole rings is 1. The molecule has 0 atom stereocenters. The van der Waals surface area contributed by atoms with Crippen molar-refractivity contribution < 1.29 is 18.0 Å². The summed E-state index contributed by atoms with van der Waals surface area (Å²) in [6.45, 7) is 3.00. The van der Waals surface area contributed by atoms with Gasteiger partial charge in [-0.25, -0.2) is 4.98 Å². The van der Waals surface area contributed by atoms with Crippen molar-refractivity contribution in [3.63, 3.8) is 0 Å². The minimum atomic E-state index is -4.36. The molecule has 152 valence electrons. The molecule has 0 radical (unpaired) electrons. The van der Waals surface area contributed by atoms with Crippen molar-refractivity contribution in [3.8, 4) is 0 Å². The van der Waals surface area contributed by atoms with Crippen molar-refractivity contribution in [1.82, 2.24) is 14.5 Å². The average Bonchev–Trinajstić information content (AvgIpc) is 3.12. The Morgan fingerprint density at radius 3 is 2.34 bits per heavy atom. The first-order valence-corrected chi connectivity index (χ1v) is 9.36. The van der Waals surface area contributed by atoms with Crippen LogP contribution >= 0.6 is 11.6 Å². The van der Waals surface area contributed by atoms with Crippen molar-refractivity contribution in [2.24, 2.45) is 0 Å². The summed E-state index contributed by atoms with van der Waals surface area (Å²) in [5.74, 6) is 0.502. The van der Waals surface area contributed by atoms with E-state index in [1.54, 1.807) is 41.6 Å². The quantitative estimate of drug-likeness (QED) is 0.544. The fourth-order valence-corrected chi connectivity index (χ4v) is 3.03. The zero-order valence-corrected chi connectivity index (χ0v) is 16.4. The highest BCUT2D eigenvalue weighted by Gasteiger charge is 2.29. The number of aromatic nitrogens is 2. The highest BCUT2D eigenvalue weighted by atomic mass is 35.5. The van der Waals surface area contributed by atoms with Crippen LogP contribution in [0.25, 0.3) is 0 Å². The highest BCUT2D eigenvalue weighted by molar-refractivity contribution is 6.30. The number of alkyl halides is 3. The molecule has 0 aliphatic carbocycles. The van der Waals surface area contributed by atoms with Gasteiger partial charge < -0.3 is 9.47 Å². The summed E-state index contributed by atoms with van der Waals surface area (Å²) in [4.78, 5) is 18.7. The molecule has 4 nitrogen and oxygen atoms in total. The van der Waals surface area contributed by atoms with Crippen LogP contribution in [0.1, 0.15) is 34.2 Å². The Balaban J connectivity index is 1.73. The molecule has 0 saturated heterocycles. The molecule has 29 heavy (non-hydrogen) atoms. The number of carbonyl (C=O) groups excluding carboxylic acids is 1. The molecule has 0 N–H and O–H groups in total. The third-order valence-electron chi connectivity index (χ3n) is 4.53. The topological polar surface area (TPSA) is 38.1 Å². The zero-order chi connectivity index (χ0) is 21.0. The largest absolute Gasteiger partial charge is 0.416 e. The van der Waals surface area contributed by atoms with Gasteiger partial charge in [0.2, 0.25) is 0 Å². The van der Waals surface area contributed by atoms with E-state index in [1.807, 2.05) is 11.5 Å². The Hall–Kier alpha value is -2.80. The number of nitrogens with zero attached hydrogens (tertiary/aromatic N) is 3. The fraction of sp³-hybridized carbons (Fsp3) is 0.238. The van der Waals surface area contributed by atoms with E-state index in [4.69, 9.17) is 11.6 Å². The average molecular weight is 422 g/mol. The summed E-state index contributed by atoms with van der Waals surface area (Å²) in [6, 6.07) is 11.7. The van der Waals surface area contributed by atoms with Crippen LogP contribution in [0.4, 0.5) is 13.2 Å². The lowest BCUT2D eigenvalue weighted by atomic mass is 10.1. The molecular formula is C21H19ClF3N3O. The smallest absolute Gasteiger partial charge is 0.331 e. The second kappa shape index (κ2) is 8.69. The molecular weight excluding hydrogens is 403 g/mol. The first kappa shape index (κ1) is 20.9. The number of benzene rings is 2. The molecule has 0 unspecified atom stereocenters. The molecule has 1 aromatic heterocycles. The van der Waals surface area contributed by atoms with Gasteiger partial charge in [-0.2, -0.15) is 13.2 Å². The fourth-order valence-electron chi connectivity index (χ4n) is 2.90. The van der Waals surface area contributed by atoms with Crippen molar-refractivity contribution in [2.75, 3.05) is 6.54 Å². The molecule has 2 aromatic carbocycles. The Morgan fingerprint density at radius 2 is 1.76 bits per heavy atom. The number of carbonyl (C=O) groups is 1. The third-order valence-corrected chi connectivity index (χ3v) is 4.78. The molecule has 0 saturated carbocycles. The van der Waals surface area contributed by atoms with Crippen LogP contribution in [-0.2, 0) is 19.3 Å². The SMILES string of the molecule is CCN(Cc1nccn1Cc1ccc(C(F)(F)F)cc1)C(=O)c1ccc(Cl)cc1. The van der Waals surface area contributed by atoms with Crippen LogP contribution in [0.5, 0.6) is 0 Å². The minimum Gasteiger partial charge on any atom is -0.331 e. The lowest BCUT2D eigenvalue weighted by Gasteiger charge is -2.21. The van der Waals surface area contributed by atoms with E-state index in [0.717, 1.165) is 12.1 Å². The molecule has 1 heterocycles. The van der Waals surface area contributed by atoms with Gasteiger partial charge >= 0.3 is 6.18 Å². The summed E-state index contributed by atoms with van der Waals surface area (Å²) in [6.07, 6.45) is -1.00. The van der Waals surface area contributed by atoms with Crippen LogP contribution in [0, 0.1) is 0 Å². The van der Waals surface area contributed by atoms with Gasteiger partial charge in [-0.05, 0) is 48.9 Å². The Kier molecular flexibility index (Phi) is 6.27. The van der Waals surface area contributed by atoms with Crippen molar-refractivity contribution >= 4 is 17.5 Å². The normalized spacial score (nSPS) is 11.5. The van der Waals surface area contributed by atoms with Gasteiger partial charge in [0.25, 0.3) is 5.91 Å². The van der Waals surface area contributed by atoms with Crippen LogP contribution in [-0.4, -0.2) is 26.9 Å². The van der Waals surface area contributed by atoms with Crippen LogP contribution in [0.3, 0.4) is 0 Å². The molecule has 0 aliphatic rings. The van der Waals surface area contributed by atoms with Gasteiger partial charge in [-0.1, -0.05) is 23.7 Å². The number of hydrogen-bond donors (Lipinski definition) is 0. The van der Waals surface area contributed by atoms with E-state index < -0.39 is 11.7 Å². The maximum Gasteiger partial charge on any atom is 0.416 e. The van der Waals surface area contributed by atoms with E-state index in [1.165, 1.54) is 12.1 Å². The summed E-state index contributed by atoms with van der Waals surface area (Å²) < 4.78 is 40.0. The maximum atomic E-state index is 12.8. The molecule has 3 aromatic rings. The van der Waals surface area contributed by atoms with Gasteiger partial charge in [0.1, 0.15) is 5.82 Å². The van der Waals surface area contributed by atoms with Crippen molar-refractivity contribution in [3.05, 3.63) is 88.5 Å². The lowest BCUT2D eigenvalue weighted by molar-refractivity contribution is -0.137. The lowest BCUT2D eigenvalue weighted by Crippen LogP contribution is -2.31. The first-order valence-electron chi connectivity index (χ1n) is 8.99.